The van der Waals surface area contributed by atoms with Crippen LogP contribution in [0.4, 0.5) is 0 Å². The smallest absolute Gasteiger partial charge is 0.259 e. The van der Waals surface area contributed by atoms with Crippen molar-refractivity contribution in [3.05, 3.63) is 33.8 Å². The van der Waals surface area contributed by atoms with E-state index in [1.54, 1.807) is 18.2 Å². The van der Waals surface area contributed by atoms with Crippen LogP contribution < -0.4 is 10.7 Å². The number of unbranched alkanes of at least 4 members (excludes halogenated alkanes) is 6. The zero-order valence-corrected chi connectivity index (χ0v) is 16.7. The molecule has 0 saturated carbocycles. The average Bonchev–Trinajstić information content (AvgIpc) is 2.61. The van der Waals surface area contributed by atoms with Gasteiger partial charge in [-0.1, -0.05) is 74.7 Å². The SMILES string of the molecule is CCCCCCCCCC(=O)NCC(=O)N/N=C/c1ccc(Cl)cc1Cl. The topological polar surface area (TPSA) is 70.6 Å². The van der Waals surface area contributed by atoms with Gasteiger partial charge in [-0.25, -0.2) is 5.43 Å². The van der Waals surface area contributed by atoms with Gasteiger partial charge < -0.3 is 5.32 Å². The number of hydrazone groups is 1. The number of halogens is 2. The number of hydrogen-bond acceptors (Lipinski definition) is 3. The molecule has 0 heterocycles. The summed E-state index contributed by atoms with van der Waals surface area (Å²) in [6.45, 7) is 2.10. The highest BCUT2D eigenvalue weighted by molar-refractivity contribution is 6.36. The molecule has 0 aromatic heterocycles. The summed E-state index contributed by atoms with van der Waals surface area (Å²) in [5, 5.41) is 7.38. The largest absolute Gasteiger partial charge is 0.347 e. The predicted molar refractivity (Wildman–Crippen MR) is 108 cm³/mol. The summed E-state index contributed by atoms with van der Waals surface area (Å²) in [6, 6.07) is 4.97. The number of nitrogens with zero attached hydrogens (tertiary/aromatic N) is 1. The lowest BCUT2D eigenvalue weighted by Crippen LogP contribution is -2.34. The lowest BCUT2D eigenvalue weighted by molar-refractivity contribution is -0.126. The molecule has 0 atom stereocenters. The minimum atomic E-state index is -0.390. The van der Waals surface area contributed by atoms with Gasteiger partial charge >= 0.3 is 0 Å². The molecule has 1 aromatic rings. The van der Waals surface area contributed by atoms with Crippen LogP contribution in [0.15, 0.2) is 23.3 Å². The van der Waals surface area contributed by atoms with E-state index in [4.69, 9.17) is 23.2 Å². The molecule has 0 unspecified atom stereocenters. The molecule has 26 heavy (non-hydrogen) atoms. The zero-order valence-electron chi connectivity index (χ0n) is 15.2. The van der Waals surface area contributed by atoms with E-state index in [1.165, 1.54) is 31.9 Å². The second kappa shape index (κ2) is 13.6. The fraction of sp³-hybridized carbons (Fsp3) is 0.526. The molecule has 2 N–H and O–H groups in total. The first-order chi connectivity index (χ1) is 12.5. The Kier molecular flexibility index (Phi) is 11.7. The standard InChI is InChI=1S/C19H27Cl2N3O2/c1-2-3-4-5-6-7-8-9-18(25)22-14-19(26)24-23-13-15-10-11-16(20)12-17(15)21/h10-13H,2-9,14H2,1H3,(H,22,25)(H,24,26)/b23-13+. The molecule has 0 aliphatic carbocycles. The lowest BCUT2D eigenvalue weighted by atomic mass is 10.1. The van der Waals surface area contributed by atoms with Crippen molar-refractivity contribution in [3.8, 4) is 0 Å². The summed E-state index contributed by atoms with van der Waals surface area (Å²) in [4.78, 5) is 23.4. The molecule has 0 radical (unpaired) electrons. The molecule has 0 bridgehead atoms. The average molecular weight is 400 g/mol. The van der Waals surface area contributed by atoms with Crippen LogP contribution in [0, 0.1) is 0 Å². The third-order valence-corrected chi connectivity index (χ3v) is 4.37. The van der Waals surface area contributed by atoms with Crippen LogP contribution in [0.2, 0.25) is 10.0 Å². The molecule has 7 heteroatoms. The summed E-state index contributed by atoms with van der Waals surface area (Å²) in [7, 11) is 0. The Morgan fingerprint density at radius 2 is 1.73 bits per heavy atom. The maximum Gasteiger partial charge on any atom is 0.259 e. The number of benzene rings is 1. The number of rotatable bonds is 12. The van der Waals surface area contributed by atoms with E-state index in [1.807, 2.05) is 0 Å². The van der Waals surface area contributed by atoms with Crippen molar-refractivity contribution in [1.82, 2.24) is 10.7 Å². The van der Waals surface area contributed by atoms with Gasteiger partial charge in [-0.05, 0) is 18.6 Å². The Hall–Kier alpha value is -1.59. The van der Waals surface area contributed by atoms with Crippen LogP contribution in [0.1, 0.15) is 63.9 Å². The molecule has 1 aromatic carbocycles. The zero-order chi connectivity index (χ0) is 19.2. The molecular formula is C19H27Cl2N3O2. The van der Waals surface area contributed by atoms with Crippen LogP contribution >= 0.6 is 23.2 Å². The molecule has 144 valence electrons. The summed E-state index contributed by atoms with van der Waals surface area (Å²) in [5.41, 5.74) is 2.99. The van der Waals surface area contributed by atoms with Gasteiger partial charge in [0.15, 0.2) is 0 Å². The fourth-order valence-corrected chi connectivity index (χ4v) is 2.79. The first-order valence-corrected chi connectivity index (χ1v) is 9.82. The number of amides is 2. The highest BCUT2D eigenvalue weighted by atomic mass is 35.5. The van der Waals surface area contributed by atoms with Crippen molar-refractivity contribution < 1.29 is 9.59 Å². The van der Waals surface area contributed by atoms with E-state index >= 15 is 0 Å². The van der Waals surface area contributed by atoms with E-state index in [-0.39, 0.29) is 18.4 Å². The fourth-order valence-electron chi connectivity index (χ4n) is 2.33. The number of hydrogen-bond donors (Lipinski definition) is 2. The van der Waals surface area contributed by atoms with Crippen LogP contribution in [0.3, 0.4) is 0 Å². The molecule has 2 amide bonds. The summed E-state index contributed by atoms with van der Waals surface area (Å²) in [5.74, 6) is -0.502. The van der Waals surface area contributed by atoms with Crippen molar-refractivity contribution in [2.24, 2.45) is 5.10 Å². The van der Waals surface area contributed by atoms with Gasteiger partial charge in [-0.15, -0.1) is 0 Å². The summed E-state index contributed by atoms with van der Waals surface area (Å²) >= 11 is 11.8. The molecular weight excluding hydrogens is 373 g/mol. The van der Waals surface area contributed by atoms with Gasteiger partial charge in [0.05, 0.1) is 17.8 Å². The van der Waals surface area contributed by atoms with Crippen molar-refractivity contribution in [2.45, 2.75) is 58.3 Å². The third-order valence-electron chi connectivity index (χ3n) is 3.81. The quantitative estimate of drug-likeness (QED) is 0.303. The van der Waals surface area contributed by atoms with Gasteiger partial charge in [0, 0.05) is 17.0 Å². The number of carbonyl (C=O) groups excluding carboxylic acids is 2. The van der Waals surface area contributed by atoms with Crippen LogP contribution in [-0.4, -0.2) is 24.6 Å². The molecule has 0 aliphatic heterocycles. The molecule has 1 rings (SSSR count). The Bertz CT molecular complexity index is 606. The van der Waals surface area contributed by atoms with Gasteiger partial charge in [-0.3, -0.25) is 9.59 Å². The highest BCUT2D eigenvalue weighted by Gasteiger charge is 2.05. The predicted octanol–water partition coefficient (Wildman–Crippen LogP) is 4.70. The summed E-state index contributed by atoms with van der Waals surface area (Å²) in [6.07, 6.45) is 9.96. The van der Waals surface area contributed by atoms with Crippen molar-refractivity contribution in [1.29, 1.82) is 0 Å². The lowest BCUT2D eigenvalue weighted by Gasteiger charge is -2.04. The Balaban J connectivity index is 2.13. The molecule has 0 aliphatic rings. The van der Waals surface area contributed by atoms with Crippen molar-refractivity contribution >= 4 is 41.2 Å². The third kappa shape index (κ3) is 10.4. The second-order valence-corrected chi connectivity index (χ2v) is 6.95. The van der Waals surface area contributed by atoms with E-state index in [2.05, 4.69) is 22.8 Å². The normalized spacial score (nSPS) is 10.9. The van der Waals surface area contributed by atoms with Gasteiger partial charge in [-0.2, -0.15) is 5.10 Å². The molecule has 0 spiro atoms. The van der Waals surface area contributed by atoms with E-state index in [9.17, 15) is 9.59 Å². The van der Waals surface area contributed by atoms with Gasteiger partial charge in [0.1, 0.15) is 0 Å². The molecule has 5 nitrogen and oxygen atoms in total. The number of nitrogens with one attached hydrogen (secondary N) is 2. The summed E-state index contributed by atoms with van der Waals surface area (Å²) < 4.78 is 0. The van der Waals surface area contributed by atoms with E-state index in [0.717, 1.165) is 19.3 Å². The minimum Gasteiger partial charge on any atom is -0.347 e. The molecule has 0 fully saturated rings. The Labute approximate surface area is 165 Å². The first kappa shape index (κ1) is 22.5. The van der Waals surface area contributed by atoms with E-state index in [0.29, 0.717) is 22.0 Å². The van der Waals surface area contributed by atoms with Crippen LogP contribution in [0.5, 0.6) is 0 Å². The monoisotopic (exact) mass is 399 g/mol. The van der Waals surface area contributed by atoms with Crippen molar-refractivity contribution in [3.63, 3.8) is 0 Å². The van der Waals surface area contributed by atoms with Crippen LogP contribution in [0.25, 0.3) is 0 Å². The maximum absolute atomic E-state index is 11.7. The van der Waals surface area contributed by atoms with Gasteiger partial charge in [0.2, 0.25) is 5.91 Å². The Morgan fingerprint density at radius 1 is 1.04 bits per heavy atom. The first-order valence-electron chi connectivity index (χ1n) is 9.06. The second-order valence-electron chi connectivity index (χ2n) is 6.11. The van der Waals surface area contributed by atoms with Crippen molar-refractivity contribution in [2.75, 3.05) is 6.54 Å². The van der Waals surface area contributed by atoms with E-state index < -0.39 is 0 Å². The molecule has 0 saturated heterocycles. The Morgan fingerprint density at radius 3 is 2.42 bits per heavy atom. The minimum absolute atomic E-state index is 0.0962. The maximum atomic E-state index is 11.7. The van der Waals surface area contributed by atoms with Crippen LogP contribution in [-0.2, 0) is 9.59 Å². The van der Waals surface area contributed by atoms with Gasteiger partial charge in [0.25, 0.3) is 5.91 Å². The highest BCUT2D eigenvalue weighted by Crippen LogP contribution is 2.19. The number of carbonyl (C=O) groups is 2.